The van der Waals surface area contributed by atoms with Gasteiger partial charge >= 0.3 is 0 Å². The maximum atomic E-state index is 13.2. The van der Waals surface area contributed by atoms with Crippen molar-refractivity contribution in [2.24, 2.45) is 5.41 Å². The second kappa shape index (κ2) is 6.60. The van der Waals surface area contributed by atoms with Crippen molar-refractivity contribution in [3.8, 4) is 0 Å². The van der Waals surface area contributed by atoms with Crippen LogP contribution in [0.1, 0.15) is 55.6 Å². The summed E-state index contributed by atoms with van der Waals surface area (Å²) >= 11 is 6.04. The molecule has 1 unspecified atom stereocenters. The number of hydrogen-bond donors (Lipinski definition) is 0. The molecule has 7 heteroatoms. The fourth-order valence-corrected chi connectivity index (χ4v) is 4.38. The van der Waals surface area contributed by atoms with Gasteiger partial charge in [0.05, 0.1) is 28.4 Å². The molecule has 2 aliphatic rings. The quantitative estimate of drug-likeness (QED) is 0.787. The first-order valence-electron chi connectivity index (χ1n) is 9.34. The molecule has 0 radical (unpaired) electrons. The second-order valence-corrected chi connectivity index (χ2v) is 9.03. The third-order valence-electron chi connectivity index (χ3n) is 5.68. The SMILES string of the molecule is CC(C)(C)n1cc(C2N(C(=O)c3cncc(Cl)c3)CC23CCOCC3)cn1. The molecule has 1 amide bonds. The zero-order chi connectivity index (χ0) is 19.2. The molecule has 4 rings (SSSR count). The van der Waals surface area contributed by atoms with E-state index in [4.69, 9.17) is 16.3 Å². The third-order valence-corrected chi connectivity index (χ3v) is 5.89. The van der Waals surface area contributed by atoms with Crippen LogP contribution in [0.4, 0.5) is 0 Å². The number of halogens is 1. The predicted molar refractivity (Wildman–Crippen MR) is 103 cm³/mol. The van der Waals surface area contributed by atoms with Gasteiger partial charge in [-0.15, -0.1) is 0 Å². The van der Waals surface area contributed by atoms with Crippen LogP contribution in [0.15, 0.2) is 30.9 Å². The fourth-order valence-electron chi connectivity index (χ4n) is 4.21. The highest BCUT2D eigenvalue weighted by molar-refractivity contribution is 6.30. The van der Waals surface area contributed by atoms with Crippen LogP contribution in [0.3, 0.4) is 0 Å². The Labute approximate surface area is 164 Å². The largest absolute Gasteiger partial charge is 0.381 e. The van der Waals surface area contributed by atoms with Gasteiger partial charge in [-0.3, -0.25) is 14.5 Å². The highest BCUT2D eigenvalue weighted by Crippen LogP contribution is 2.55. The lowest BCUT2D eigenvalue weighted by molar-refractivity contribution is -0.115. The lowest BCUT2D eigenvalue weighted by atomic mass is 9.64. The summed E-state index contributed by atoms with van der Waals surface area (Å²) in [5, 5.41) is 5.03. The highest BCUT2D eigenvalue weighted by Gasteiger charge is 2.55. The van der Waals surface area contributed by atoms with Gasteiger partial charge in [0.25, 0.3) is 5.91 Å². The molecule has 2 aromatic rings. The summed E-state index contributed by atoms with van der Waals surface area (Å²) in [5.74, 6) is -0.0318. The maximum absolute atomic E-state index is 13.2. The standard InChI is InChI=1S/C20H25ClN4O2/c1-19(2,3)25-12-15(10-23-25)17-20(4-6-27-7-5-20)13-24(17)18(26)14-8-16(21)11-22-9-14/h8-12,17H,4-7,13H2,1-3H3. The Bertz CT molecular complexity index is 852. The van der Waals surface area contributed by atoms with E-state index in [0.29, 0.717) is 10.6 Å². The Hall–Kier alpha value is -1.92. The molecule has 2 aromatic heterocycles. The minimum Gasteiger partial charge on any atom is -0.381 e. The van der Waals surface area contributed by atoms with Gasteiger partial charge in [0, 0.05) is 49.3 Å². The summed E-state index contributed by atoms with van der Waals surface area (Å²) in [5.41, 5.74) is 1.57. The molecule has 2 saturated heterocycles. The van der Waals surface area contributed by atoms with Crippen molar-refractivity contribution < 1.29 is 9.53 Å². The molecule has 2 fully saturated rings. The molecule has 0 bridgehead atoms. The first-order chi connectivity index (χ1) is 12.8. The van der Waals surface area contributed by atoms with Crippen LogP contribution in [-0.2, 0) is 10.3 Å². The van der Waals surface area contributed by atoms with Crippen molar-refractivity contribution in [1.82, 2.24) is 19.7 Å². The van der Waals surface area contributed by atoms with E-state index in [1.54, 1.807) is 18.5 Å². The van der Waals surface area contributed by atoms with E-state index >= 15 is 0 Å². The molecule has 4 heterocycles. The molecular weight excluding hydrogens is 364 g/mol. The minimum absolute atomic E-state index is 0.00369. The van der Waals surface area contributed by atoms with E-state index in [0.717, 1.165) is 38.2 Å². The highest BCUT2D eigenvalue weighted by atomic mass is 35.5. The number of carbonyl (C=O) groups excluding carboxylic acids is 1. The Kier molecular flexibility index (Phi) is 4.51. The predicted octanol–water partition coefficient (Wildman–Crippen LogP) is 3.68. The average molecular weight is 389 g/mol. The molecule has 144 valence electrons. The van der Waals surface area contributed by atoms with E-state index in [9.17, 15) is 4.79 Å². The number of ether oxygens (including phenoxy) is 1. The maximum Gasteiger partial charge on any atom is 0.256 e. The van der Waals surface area contributed by atoms with E-state index < -0.39 is 0 Å². The lowest BCUT2D eigenvalue weighted by Gasteiger charge is -2.59. The average Bonchev–Trinajstić information content (AvgIpc) is 3.09. The van der Waals surface area contributed by atoms with Crippen LogP contribution < -0.4 is 0 Å². The van der Waals surface area contributed by atoms with Gasteiger partial charge in [0.2, 0.25) is 0 Å². The zero-order valence-electron chi connectivity index (χ0n) is 16.0. The van der Waals surface area contributed by atoms with Crippen molar-refractivity contribution in [1.29, 1.82) is 0 Å². The molecule has 0 aliphatic carbocycles. The normalized spacial score (nSPS) is 21.9. The van der Waals surface area contributed by atoms with E-state index in [-0.39, 0.29) is 22.9 Å². The van der Waals surface area contributed by atoms with Gasteiger partial charge in [-0.25, -0.2) is 0 Å². The monoisotopic (exact) mass is 388 g/mol. The summed E-state index contributed by atoms with van der Waals surface area (Å²) in [6.07, 6.45) is 9.02. The first-order valence-corrected chi connectivity index (χ1v) is 9.72. The Balaban J connectivity index is 1.68. The van der Waals surface area contributed by atoms with Gasteiger partial charge in [-0.2, -0.15) is 5.10 Å². The number of nitrogens with zero attached hydrogens (tertiary/aromatic N) is 4. The molecule has 6 nitrogen and oxygen atoms in total. The number of likely N-dealkylation sites (tertiary alicyclic amines) is 1. The molecule has 0 N–H and O–H groups in total. The van der Waals surface area contributed by atoms with Gasteiger partial charge in [0.1, 0.15) is 0 Å². The van der Waals surface area contributed by atoms with Crippen LogP contribution in [0.25, 0.3) is 0 Å². The summed E-state index contributed by atoms with van der Waals surface area (Å²) in [4.78, 5) is 19.2. The van der Waals surface area contributed by atoms with Crippen molar-refractivity contribution >= 4 is 17.5 Å². The molecule has 27 heavy (non-hydrogen) atoms. The Morgan fingerprint density at radius 1 is 1.26 bits per heavy atom. The van der Waals surface area contributed by atoms with Crippen molar-refractivity contribution in [2.45, 2.75) is 45.2 Å². The van der Waals surface area contributed by atoms with Crippen molar-refractivity contribution in [2.75, 3.05) is 19.8 Å². The van der Waals surface area contributed by atoms with Gasteiger partial charge in [-0.05, 0) is 39.7 Å². The molecular formula is C20H25ClN4O2. The van der Waals surface area contributed by atoms with Crippen LogP contribution in [-0.4, -0.2) is 45.3 Å². The minimum atomic E-state index is -0.101. The van der Waals surface area contributed by atoms with Gasteiger partial charge in [-0.1, -0.05) is 11.6 Å². The van der Waals surface area contributed by atoms with Gasteiger partial charge < -0.3 is 9.64 Å². The van der Waals surface area contributed by atoms with E-state index in [1.807, 2.05) is 15.8 Å². The third kappa shape index (κ3) is 3.25. The van der Waals surface area contributed by atoms with Crippen molar-refractivity contribution in [3.63, 3.8) is 0 Å². The molecule has 0 saturated carbocycles. The first kappa shape index (κ1) is 18.4. The fraction of sp³-hybridized carbons (Fsp3) is 0.550. The number of aromatic nitrogens is 3. The topological polar surface area (TPSA) is 60.2 Å². The number of rotatable bonds is 2. The van der Waals surface area contributed by atoms with Crippen LogP contribution in [0.5, 0.6) is 0 Å². The van der Waals surface area contributed by atoms with Gasteiger partial charge in [0.15, 0.2) is 0 Å². The molecule has 1 spiro atoms. The summed E-state index contributed by atoms with van der Waals surface area (Å²) < 4.78 is 7.56. The molecule has 0 aromatic carbocycles. The summed E-state index contributed by atoms with van der Waals surface area (Å²) in [6, 6.07) is 1.69. The van der Waals surface area contributed by atoms with Crippen LogP contribution in [0.2, 0.25) is 5.02 Å². The summed E-state index contributed by atoms with van der Waals surface area (Å²) in [6.45, 7) is 8.57. The van der Waals surface area contributed by atoms with E-state index in [2.05, 4.69) is 37.1 Å². The van der Waals surface area contributed by atoms with Crippen molar-refractivity contribution in [3.05, 3.63) is 47.0 Å². The van der Waals surface area contributed by atoms with Crippen LogP contribution in [0, 0.1) is 5.41 Å². The molecule has 1 atom stereocenters. The number of pyridine rings is 1. The smallest absolute Gasteiger partial charge is 0.256 e. The lowest BCUT2D eigenvalue weighted by Crippen LogP contribution is -2.62. The number of carbonyl (C=O) groups is 1. The Morgan fingerprint density at radius 3 is 2.63 bits per heavy atom. The number of hydrogen-bond acceptors (Lipinski definition) is 4. The van der Waals surface area contributed by atoms with E-state index in [1.165, 1.54) is 0 Å². The van der Waals surface area contributed by atoms with Crippen LogP contribution >= 0.6 is 11.6 Å². The Morgan fingerprint density at radius 2 is 2.00 bits per heavy atom. The summed E-state index contributed by atoms with van der Waals surface area (Å²) in [7, 11) is 0. The molecule has 2 aliphatic heterocycles. The number of amides is 1. The zero-order valence-corrected chi connectivity index (χ0v) is 16.7. The second-order valence-electron chi connectivity index (χ2n) is 8.59.